The molecule has 3 aromatic rings. The van der Waals surface area contributed by atoms with Gasteiger partial charge in [-0.3, -0.25) is 0 Å². The summed E-state index contributed by atoms with van der Waals surface area (Å²) >= 11 is 3.50. The third kappa shape index (κ3) is 2.12. The molecule has 3 nitrogen and oxygen atoms in total. The van der Waals surface area contributed by atoms with Gasteiger partial charge in [-0.2, -0.15) is 0 Å². The summed E-state index contributed by atoms with van der Waals surface area (Å²) in [4.78, 5) is 8.01. The van der Waals surface area contributed by atoms with E-state index in [9.17, 15) is 0 Å². The maximum absolute atomic E-state index is 5.24. The molecule has 0 fully saturated rings. The third-order valence-corrected chi connectivity index (χ3v) is 3.76. The number of hydrogen-bond acceptors (Lipinski definition) is 2. The number of aromatic amines is 1. The van der Waals surface area contributed by atoms with Crippen LogP contribution in [0, 0.1) is 6.92 Å². The molecule has 3 rings (SSSR count). The first-order valence-corrected chi connectivity index (χ1v) is 6.77. The van der Waals surface area contributed by atoms with Crippen LogP contribution in [0.1, 0.15) is 5.56 Å². The molecule has 1 aromatic heterocycles. The number of H-pyrrole nitrogens is 1. The Hall–Kier alpha value is -1.81. The zero-order valence-corrected chi connectivity index (χ0v) is 12.3. The SMILES string of the molecule is COc1ccc(-c2nc3c(C)cccc3[nH]2)cc1Br. The van der Waals surface area contributed by atoms with Crippen LogP contribution in [0.2, 0.25) is 0 Å². The van der Waals surface area contributed by atoms with Crippen molar-refractivity contribution in [3.8, 4) is 17.1 Å². The van der Waals surface area contributed by atoms with E-state index in [4.69, 9.17) is 4.74 Å². The number of aromatic nitrogens is 2. The predicted octanol–water partition coefficient (Wildman–Crippen LogP) is 4.31. The van der Waals surface area contributed by atoms with Crippen LogP contribution in [-0.2, 0) is 0 Å². The number of nitrogens with one attached hydrogen (secondary N) is 1. The fourth-order valence-electron chi connectivity index (χ4n) is 2.13. The summed E-state index contributed by atoms with van der Waals surface area (Å²) in [7, 11) is 1.66. The molecular weight excluding hydrogens is 304 g/mol. The zero-order valence-electron chi connectivity index (χ0n) is 10.7. The van der Waals surface area contributed by atoms with E-state index in [1.54, 1.807) is 7.11 Å². The Morgan fingerprint density at radius 3 is 2.74 bits per heavy atom. The van der Waals surface area contributed by atoms with E-state index in [2.05, 4.69) is 38.9 Å². The highest BCUT2D eigenvalue weighted by Crippen LogP contribution is 2.30. The second-order valence-electron chi connectivity index (χ2n) is 4.41. The van der Waals surface area contributed by atoms with Crippen LogP contribution >= 0.6 is 15.9 Å². The fourth-order valence-corrected chi connectivity index (χ4v) is 2.67. The van der Waals surface area contributed by atoms with Gasteiger partial charge in [0.1, 0.15) is 11.6 Å². The van der Waals surface area contributed by atoms with E-state index >= 15 is 0 Å². The second kappa shape index (κ2) is 4.70. The monoisotopic (exact) mass is 316 g/mol. The molecule has 0 aliphatic heterocycles. The third-order valence-electron chi connectivity index (χ3n) is 3.14. The molecule has 4 heteroatoms. The first-order chi connectivity index (χ1) is 9.19. The summed E-state index contributed by atoms with van der Waals surface area (Å²) in [5.74, 6) is 1.68. The van der Waals surface area contributed by atoms with E-state index in [-0.39, 0.29) is 0 Å². The van der Waals surface area contributed by atoms with Crippen LogP contribution in [0.4, 0.5) is 0 Å². The number of rotatable bonds is 2. The molecule has 0 spiro atoms. The maximum atomic E-state index is 5.24. The molecule has 96 valence electrons. The minimum Gasteiger partial charge on any atom is -0.496 e. The number of benzene rings is 2. The van der Waals surface area contributed by atoms with Gasteiger partial charge in [-0.05, 0) is 52.7 Å². The molecule has 2 aromatic carbocycles. The van der Waals surface area contributed by atoms with Crippen molar-refractivity contribution in [2.45, 2.75) is 6.92 Å². The lowest BCUT2D eigenvalue weighted by atomic mass is 10.2. The van der Waals surface area contributed by atoms with E-state index < -0.39 is 0 Å². The van der Waals surface area contributed by atoms with Crippen molar-refractivity contribution in [2.75, 3.05) is 7.11 Å². The summed E-state index contributed by atoms with van der Waals surface area (Å²) in [5, 5.41) is 0. The van der Waals surface area contributed by atoms with Gasteiger partial charge in [-0.25, -0.2) is 4.98 Å². The smallest absolute Gasteiger partial charge is 0.138 e. The van der Waals surface area contributed by atoms with Crippen molar-refractivity contribution >= 4 is 27.0 Å². The predicted molar refractivity (Wildman–Crippen MR) is 80.5 cm³/mol. The highest BCUT2D eigenvalue weighted by molar-refractivity contribution is 9.10. The Bertz CT molecular complexity index is 749. The molecule has 0 unspecified atom stereocenters. The Morgan fingerprint density at radius 1 is 1.21 bits per heavy atom. The van der Waals surface area contributed by atoms with Gasteiger partial charge in [0.2, 0.25) is 0 Å². The lowest BCUT2D eigenvalue weighted by Gasteiger charge is -2.04. The molecule has 19 heavy (non-hydrogen) atoms. The van der Waals surface area contributed by atoms with Crippen LogP contribution in [-0.4, -0.2) is 17.1 Å². The van der Waals surface area contributed by atoms with Gasteiger partial charge in [0.15, 0.2) is 0 Å². The van der Waals surface area contributed by atoms with Gasteiger partial charge < -0.3 is 9.72 Å². The summed E-state index contributed by atoms with van der Waals surface area (Å²) in [6, 6.07) is 12.1. The van der Waals surface area contributed by atoms with Gasteiger partial charge in [0.25, 0.3) is 0 Å². The molecule has 0 saturated carbocycles. The van der Waals surface area contributed by atoms with Crippen LogP contribution in [0.25, 0.3) is 22.4 Å². The molecule has 0 atom stereocenters. The van der Waals surface area contributed by atoms with Gasteiger partial charge in [-0.15, -0.1) is 0 Å². The molecule has 1 N–H and O–H groups in total. The topological polar surface area (TPSA) is 37.9 Å². The second-order valence-corrected chi connectivity index (χ2v) is 5.26. The number of methoxy groups -OCH3 is 1. The van der Waals surface area contributed by atoms with Crippen molar-refractivity contribution < 1.29 is 4.74 Å². The van der Waals surface area contributed by atoms with Crippen LogP contribution in [0.15, 0.2) is 40.9 Å². The highest BCUT2D eigenvalue weighted by atomic mass is 79.9. The standard InChI is InChI=1S/C15H13BrN2O/c1-9-4-3-5-12-14(9)18-15(17-12)10-6-7-13(19-2)11(16)8-10/h3-8H,1-2H3,(H,17,18). The lowest BCUT2D eigenvalue weighted by molar-refractivity contribution is 0.412. The van der Waals surface area contributed by atoms with Gasteiger partial charge in [-0.1, -0.05) is 12.1 Å². The molecule has 0 saturated heterocycles. The molecule has 1 heterocycles. The summed E-state index contributed by atoms with van der Waals surface area (Å²) < 4.78 is 6.16. The lowest BCUT2D eigenvalue weighted by Crippen LogP contribution is -1.86. The Balaban J connectivity index is 2.14. The van der Waals surface area contributed by atoms with E-state index in [1.165, 1.54) is 5.56 Å². The van der Waals surface area contributed by atoms with Crippen molar-refractivity contribution in [1.82, 2.24) is 9.97 Å². The summed E-state index contributed by atoms with van der Waals surface area (Å²) in [6.07, 6.45) is 0. The van der Waals surface area contributed by atoms with Crippen LogP contribution in [0.3, 0.4) is 0 Å². The molecule has 0 amide bonds. The van der Waals surface area contributed by atoms with Crippen molar-refractivity contribution in [2.24, 2.45) is 0 Å². The first kappa shape index (κ1) is 12.2. The Labute approximate surface area is 119 Å². The number of imidazole rings is 1. The molecular formula is C15H13BrN2O. The van der Waals surface area contributed by atoms with E-state index in [1.807, 2.05) is 30.3 Å². The van der Waals surface area contributed by atoms with Crippen molar-refractivity contribution in [3.63, 3.8) is 0 Å². The normalized spacial score (nSPS) is 10.9. The summed E-state index contributed by atoms with van der Waals surface area (Å²) in [5.41, 5.74) is 4.28. The Kier molecular flexibility index (Phi) is 3.03. The Morgan fingerprint density at radius 2 is 2.05 bits per heavy atom. The van der Waals surface area contributed by atoms with Gasteiger partial charge in [0, 0.05) is 5.56 Å². The minimum absolute atomic E-state index is 0.816. The average molecular weight is 317 g/mol. The zero-order chi connectivity index (χ0) is 13.4. The number of halogens is 1. The quantitative estimate of drug-likeness (QED) is 0.765. The van der Waals surface area contributed by atoms with E-state index in [0.717, 1.165) is 32.6 Å². The summed E-state index contributed by atoms with van der Waals surface area (Å²) in [6.45, 7) is 2.07. The first-order valence-electron chi connectivity index (χ1n) is 5.98. The molecule has 0 bridgehead atoms. The van der Waals surface area contributed by atoms with Gasteiger partial charge >= 0.3 is 0 Å². The number of para-hydroxylation sites is 1. The van der Waals surface area contributed by atoms with E-state index in [0.29, 0.717) is 0 Å². The molecule has 0 aliphatic carbocycles. The fraction of sp³-hybridized carbons (Fsp3) is 0.133. The largest absolute Gasteiger partial charge is 0.496 e. The van der Waals surface area contributed by atoms with Crippen LogP contribution < -0.4 is 4.74 Å². The highest BCUT2D eigenvalue weighted by Gasteiger charge is 2.09. The van der Waals surface area contributed by atoms with Crippen LogP contribution in [0.5, 0.6) is 5.75 Å². The number of fused-ring (bicyclic) bond motifs is 1. The maximum Gasteiger partial charge on any atom is 0.138 e. The number of hydrogen-bond donors (Lipinski definition) is 1. The molecule has 0 radical (unpaired) electrons. The number of ether oxygens (including phenoxy) is 1. The average Bonchev–Trinajstić information content (AvgIpc) is 2.84. The number of aryl methyl sites for hydroxylation is 1. The minimum atomic E-state index is 0.816. The molecule has 0 aliphatic rings. The van der Waals surface area contributed by atoms with Crippen molar-refractivity contribution in [3.05, 3.63) is 46.4 Å². The van der Waals surface area contributed by atoms with Gasteiger partial charge in [0.05, 0.1) is 22.6 Å². The van der Waals surface area contributed by atoms with Crippen molar-refractivity contribution in [1.29, 1.82) is 0 Å². The number of nitrogens with zero attached hydrogens (tertiary/aromatic N) is 1.